The molecule has 0 aliphatic heterocycles. The fourth-order valence-corrected chi connectivity index (χ4v) is 2.34. The Hall–Kier alpha value is -3.17. The monoisotopic (exact) mass is 363 g/mol. The largest absolute Gasteiger partial charge is 0.481 e. The number of carboxylic acid groups (broad SMARTS) is 1. The standard InChI is InChI=1S/C16H21N5O5/c1-16(2,8-7-13(24)25)21-12(23)6-5-11(22)18-10-4-3-9-14(19-10)20-15(26)17-9/h3-4H,5-8H2,1-2H3,(H,21,23)(H,24,25)(H3,17,18,19,20,22,26). The van der Waals surface area contributed by atoms with E-state index in [1.54, 1.807) is 26.0 Å². The number of imidazole rings is 1. The highest BCUT2D eigenvalue weighted by Crippen LogP contribution is 2.12. The summed E-state index contributed by atoms with van der Waals surface area (Å²) in [5.74, 6) is -1.40. The number of fused-ring (bicyclic) bond motifs is 1. The Balaban J connectivity index is 1.82. The quantitative estimate of drug-likeness (QED) is 0.465. The second-order valence-corrected chi connectivity index (χ2v) is 6.55. The van der Waals surface area contributed by atoms with Crippen molar-refractivity contribution in [2.75, 3.05) is 5.32 Å². The predicted octanol–water partition coefficient (Wildman–Crippen LogP) is 0.729. The number of carbonyl (C=O) groups excluding carboxylic acids is 2. The van der Waals surface area contributed by atoms with Gasteiger partial charge in [0.1, 0.15) is 5.82 Å². The smallest absolute Gasteiger partial charge is 0.325 e. The summed E-state index contributed by atoms with van der Waals surface area (Å²) in [5.41, 5.74) is -0.210. The number of carbonyl (C=O) groups is 3. The molecule has 0 aliphatic carbocycles. The van der Waals surface area contributed by atoms with Crippen molar-refractivity contribution in [1.82, 2.24) is 20.3 Å². The third-order valence-corrected chi connectivity index (χ3v) is 3.66. The normalized spacial score (nSPS) is 11.3. The van der Waals surface area contributed by atoms with Gasteiger partial charge in [-0.15, -0.1) is 0 Å². The maximum absolute atomic E-state index is 12.0. The molecule has 10 heteroatoms. The first-order chi connectivity index (χ1) is 12.1. The molecular formula is C16H21N5O5. The van der Waals surface area contributed by atoms with Crippen LogP contribution in [0.4, 0.5) is 5.82 Å². The first-order valence-electron chi connectivity index (χ1n) is 8.06. The first-order valence-corrected chi connectivity index (χ1v) is 8.06. The van der Waals surface area contributed by atoms with Crippen LogP contribution in [0.2, 0.25) is 0 Å². The predicted molar refractivity (Wildman–Crippen MR) is 93.7 cm³/mol. The van der Waals surface area contributed by atoms with Crippen molar-refractivity contribution in [1.29, 1.82) is 0 Å². The Kier molecular flexibility index (Phi) is 5.75. The van der Waals surface area contributed by atoms with E-state index in [2.05, 4.69) is 25.6 Å². The molecular weight excluding hydrogens is 342 g/mol. The topological polar surface area (TPSA) is 157 Å². The first kappa shape index (κ1) is 19.2. The van der Waals surface area contributed by atoms with Crippen LogP contribution in [-0.4, -0.2) is 43.4 Å². The lowest BCUT2D eigenvalue weighted by Gasteiger charge is -2.25. The lowest BCUT2D eigenvalue weighted by atomic mass is 9.98. The van der Waals surface area contributed by atoms with Gasteiger partial charge < -0.3 is 20.7 Å². The van der Waals surface area contributed by atoms with Crippen molar-refractivity contribution in [3.05, 3.63) is 22.6 Å². The molecule has 2 amide bonds. The molecule has 2 aromatic heterocycles. The van der Waals surface area contributed by atoms with Crippen molar-refractivity contribution < 1.29 is 19.5 Å². The molecule has 10 nitrogen and oxygen atoms in total. The molecule has 0 saturated carbocycles. The van der Waals surface area contributed by atoms with E-state index in [9.17, 15) is 19.2 Å². The zero-order valence-electron chi connectivity index (χ0n) is 14.5. The van der Waals surface area contributed by atoms with Crippen molar-refractivity contribution >= 4 is 34.8 Å². The number of anilines is 1. The Labute approximate surface area is 148 Å². The Bertz CT molecular complexity index is 883. The molecule has 0 radical (unpaired) electrons. The number of nitrogens with zero attached hydrogens (tertiary/aromatic N) is 1. The van der Waals surface area contributed by atoms with Crippen molar-refractivity contribution in [3.8, 4) is 0 Å². The van der Waals surface area contributed by atoms with E-state index >= 15 is 0 Å². The average Bonchev–Trinajstić information content (AvgIpc) is 2.90. The number of aromatic amines is 2. The Morgan fingerprint density at radius 3 is 2.50 bits per heavy atom. The van der Waals surface area contributed by atoms with Crippen molar-refractivity contribution in [2.45, 2.75) is 45.1 Å². The lowest BCUT2D eigenvalue weighted by Crippen LogP contribution is -2.43. The summed E-state index contributed by atoms with van der Waals surface area (Å²) in [5, 5.41) is 14.0. The van der Waals surface area contributed by atoms with Gasteiger partial charge >= 0.3 is 11.7 Å². The van der Waals surface area contributed by atoms with E-state index in [0.717, 1.165) is 0 Å². The second kappa shape index (κ2) is 7.81. The van der Waals surface area contributed by atoms with Crippen molar-refractivity contribution in [3.63, 3.8) is 0 Å². The highest BCUT2D eigenvalue weighted by molar-refractivity contribution is 5.93. The molecule has 0 fully saturated rings. The van der Waals surface area contributed by atoms with Gasteiger partial charge in [0.2, 0.25) is 11.8 Å². The van der Waals surface area contributed by atoms with Gasteiger partial charge in [-0.2, -0.15) is 0 Å². The molecule has 2 rings (SSSR count). The number of aromatic nitrogens is 3. The minimum atomic E-state index is -0.931. The van der Waals surface area contributed by atoms with Gasteiger partial charge in [-0.05, 0) is 32.4 Å². The highest BCUT2D eigenvalue weighted by atomic mass is 16.4. The van der Waals surface area contributed by atoms with E-state index in [-0.39, 0.29) is 31.0 Å². The molecule has 26 heavy (non-hydrogen) atoms. The molecule has 140 valence electrons. The number of amides is 2. The molecule has 2 aromatic rings. The molecule has 0 unspecified atom stereocenters. The van der Waals surface area contributed by atoms with Crippen LogP contribution >= 0.6 is 0 Å². The summed E-state index contributed by atoms with van der Waals surface area (Å²) in [6.07, 6.45) is 0.151. The van der Waals surface area contributed by atoms with Crippen LogP contribution in [0.5, 0.6) is 0 Å². The van der Waals surface area contributed by atoms with E-state index < -0.39 is 23.1 Å². The highest BCUT2D eigenvalue weighted by Gasteiger charge is 2.21. The van der Waals surface area contributed by atoms with Crippen LogP contribution in [0.1, 0.15) is 39.5 Å². The molecule has 0 atom stereocenters. The van der Waals surface area contributed by atoms with Crippen LogP contribution < -0.4 is 16.3 Å². The molecule has 0 aliphatic rings. The molecule has 0 spiro atoms. The van der Waals surface area contributed by atoms with Gasteiger partial charge in [0, 0.05) is 24.8 Å². The third kappa shape index (κ3) is 5.72. The van der Waals surface area contributed by atoms with Gasteiger partial charge in [0.25, 0.3) is 0 Å². The van der Waals surface area contributed by atoms with Gasteiger partial charge in [0.05, 0.1) is 5.52 Å². The SMILES string of the molecule is CC(C)(CCC(=O)O)NC(=O)CCC(=O)Nc1ccc2[nH]c(=O)[nH]c2n1. The molecule has 0 aromatic carbocycles. The molecule has 0 bridgehead atoms. The zero-order valence-corrected chi connectivity index (χ0v) is 14.5. The maximum Gasteiger partial charge on any atom is 0.325 e. The number of hydrogen-bond donors (Lipinski definition) is 5. The minimum absolute atomic E-state index is 0.0361. The average molecular weight is 363 g/mol. The van der Waals surface area contributed by atoms with Crippen molar-refractivity contribution in [2.24, 2.45) is 0 Å². The van der Waals surface area contributed by atoms with Gasteiger partial charge in [0.15, 0.2) is 5.65 Å². The van der Waals surface area contributed by atoms with E-state index in [0.29, 0.717) is 17.6 Å². The van der Waals surface area contributed by atoms with Crippen LogP contribution in [0.25, 0.3) is 11.2 Å². The van der Waals surface area contributed by atoms with Crippen LogP contribution in [0, 0.1) is 0 Å². The fraction of sp³-hybridized carbons (Fsp3) is 0.438. The number of pyridine rings is 1. The zero-order chi connectivity index (χ0) is 19.3. The van der Waals surface area contributed by atoms with E-state index in [1.165, 1.54) is 0 Å². The second-order valence-electron chi connectivity index (χ2n) is 6.55. The summed E-state index contributed by atoms with van der Waals surface area (Å²) in [6.45, 7) is 3.45. The number of nitrogens with one attached hydrogen (secondary N) is 4. The van der Waals surface area contributed by atoms with Crippen LogP contribution in [-0.2, 0) is 14.4 Å². The van der Waals surface area contributed by atoms with E-state index in [1.807, 2.05) is 0 Å². The molecule has 2 heterocycles. The summed E-state index contributed by atoms with van der Waals surface area (Å²) in [7, 11) is 0. The lowest BCUT2D eigenvalue weighted by molar-refractivity contribution is -0.137. The molecule has 5 N–H and O–H groups in total. The minimum Gasteiger partial charge on any atom is -0.481 e. The van der Waals surface area contributed by atoms with Gasteiger partial charge in [-0.1, -0.05) is 0 Å². The van der Waals surface area contributed by atoms with E-state index in [4.69, 9.17) is 5.11 Å². The fourth-order valence-electron chi connectivity index (χ4n) is 2.34. The number of rotatable bonds is 8. The summed E-state index contributed by atoms with van der Waals surface area (Å²) in [6, 6.07) is 3.15. The third-order valence-electron chi connectivity index (χ3n) is 3.66. The number of carboxylic acids is 1. The Morgan fingerprint density at radius 2 is 1.81 bits per heavy atom. The number of hydrogen-bond acceptors (Lipinski definition) is 5. The Morgan fingerprint density at radius 1 is 1.12 bits per heavy atom. The molecule has 0 saturated heterocycles. The van der Waals surface area contributed by atoms with Gasteiger partial charge in [-0.25, -0.2) is 9.78 Å². The summed E-state index contributed by atoms with van der Waals surface area (Å²) in [4.78, 5) is 54.8. The van der Waals surface area contributed by atoms with Gasteiger partial charge in [-0.3, -0.25) is 19.4 Å². The number of aliphatic carboxylic acids is 1. The number of H-pyrrole nitrogens is 2. The summed E-state index contributed by atoms with van der Waals surface area (Å²) < 4.78 is 0. The van der Waals surface area contributed by atoms with Crippen LogP contribution in [0.15, 0.2) is 16.9 Å². The summed E-state index contributed by atoms with van der Waals surface area (Å²) >= 11 is 0. The van der Waals surface area contributed by atoms with Crippen LogP contribution in [0.3, 0.4) is 0 Å². The maximum atomic E-state index is 12.0.